The molecule has 6 nitrogen and oxygen atoms in total. The largest absolute Gasteiger partial charge is 0.467 e. The maximum absolute atomic E-state index is 11.5. The SMILES string of the molecule is CC[C@H](O)[C@@H](NC(=O)OC(C)(C)C)C(=O)OC. The maximum atomic E-state index is 11.5. The highest BCUT2D eigenvalue weighted by molar-refractivity contribution is 5.81. The Morgan fingerprint density at radius 3 is 2.24 bits per heavy atom. The van der Waals surface area contributed by atoms with Crippen LogP contribution >= 0.6 is 0 Å². The number of methoxy groups -OCH3 is 1. The summed E-state index contributed by atoms with van der Waals surface area (Å²) in [7, 11) is 1.19. The number of carbonyl (C=O) groups excluding carboxylic acids is 2. The first-order chi connectivity index (χ1) is 7.71. The van der Waals surface area contributed by atoms with Crippen LogP contribution in [0.1, 0.15) is 34.1 Å². The number of ether oxygens (including phenoxy) is 2. The van der Waals surface area contributed by atoms with Crippen LogP contribution in [0.25, 0.3) is 0 Å². The number of aliphatic hydroxyl groups excluding tert-OH is 1. The first-order valence-corrected chi connectivity index (χ1v) is 5.46. The topological polar surface area (TPSA) is 84.9 Å². The van der Waals surface area contributed by atoms with Crippen LogP contribution in [0.15, 0.2) is 0 Å². The van der Waals surface area contributed by atoms with Gasteiger partial charge in [0.05, 0.1) is 13.2 Å². The van der Waals surface area contributed by atoms with Crippen molar-refractivity contribution < 1.29 is 24.2 Å². The average Bonchev–Trinajstić information content (AvgIpc) is 2.21. The second kappa shape index (κ2) is 6.44. The number of amides is 1. The molecule has 0 bridgehead atoms. The van der Waals surface area contributed by atoms with Crippen LogP contribution in [0.2, 0.25) is 0 Å². The van der Waals surface area contributed by atoms with Crippen LogP contribution in [0.3, 0.4) is 0 Å². The third-order valence-electron chi connectivity index (χ3n) is 1.93. The molecule has 0 heterocycles. The molecule has 6 heteroatoms. The van der Waals surface area contributed by atoms with E-state index in [0.29, 0.717) is 6.42 Å². The second-order valence-corrected chi connectivity index (χ2v) is 4.62. The number of hydrogen-bond donors (Lipinski definition) is 2. The maximum Gasteiger partial charge on any atom is 0.408 e. The summed E-state index contributed by atoms with van der Waals surface area (Å²) in [4.78, 5) is 22.8. The van der Waals surface area contributed by atoms with Gasteiger partial charge in [-0.2, -0.15) is 0 Å². The van der Waals surface area contributed by atoms with E-state index < -0.39 is 29.8 Å². The van der Waals surface area contributed by atoms with Gasteiger partial charge < -0.3 is 19.9 Å². The summed E-state index contributed by atoms with van der Waals surface area (Å²) in [6.45, 7) is 6.80. The molecule has 0 saturated heterocycles. The lowest BCUT2D eigenvalue weighted by Gasteiger charge is -2.24. The van der Waals surface area contributed by atoms with Crippen LogP contribution in [0, 0.1) is 0 Å². The zero-order valence-electron chi connectivity index (χ0n) is 10.9. The van der Waals surface area contributed by atoms with Crippen molar-refractivity contribution in [3.63, 3.8) is 0 Å². The van der Waals surface area contributed by atoms with Crippen molar-refractivity contribution >= 4 is 12.1 Å². The Balaban J connectivity index is 4.54. The molecule has 0 fully saturated rings. The van der Waals surface area contributed by atoms with Gasteiger partial charge in [0.2, 0.25) is 0 Å². The normalized spacial score (nSPS) is 14.7. The number of carbonyl (C=O) groups is 2. The fraction of sp³-hybridized carbons (Fsp3) is 0.818. The Bertz CT molecular complexity index is 272. The van der Waals surface area contributed by atoms with Gasteiger partial charge in [-0.25, -0.2) is 9.59 Å². The van der Waals surface area contributed by atoms with Gasteiger partial charge in [-0.05, 0) is 27.2 Å². The van der Waals surface area contributed by atoms with Gasteiger partial charge in [-0.15, -0.1) is 0 Å². The number of hydrogen-bond acceptors (Lipinski definition) is 5. The van der Waals surface area contributed by atoms with Gasteiger partial charge in [0.1, 0.15) is 5.60 Å². The predicted molar refractivity (Wildman–Crippen MR) is 61.5 cm³/mol. The van der Waals surface area contributed by atoms with E-state index in [-0.39, 0.29) is 0 Å². The quantitative estimate of drug-likeness (QED) is 0.718. The molecule has 0 radical (unpaired) electrons. The number of rotatable bonds is 4. The molecule has 0 unspecified atom stereocenters. The van der Waals surface area contributed by atoms with E-state index in [0.717, 1.165) is 0 Å². The third kappa shape index (κ3) is 6.11. The summed E-state index contributed by atoms with van der Waals surface area (Å²) in [5.74, 6) is -0.704. The highest BCUT2D eigenvalue weighted by atomic mass is 16.6. The smallest absolute Gasteiger partial charge is 0.408 e. The third-order valence-corrected chi connectivity index (χ3v) is 1.93. The average molecular weight is 247 g/mol. The van der Waals surface area contributed by atoms with Gasteiger partial charge in [-0.1, -0.05) is 6.92 Å². The molecule has 1 amide bonds. The van der Waals surface area contributed by atoms with Gasteiger partial charge in [0, 0.05) is 0 Å². The Kier molecular flexibility index (Phi) is 5.95. The number of aliphatic hydroxyl groups is 1. The van der Waals surface area contributed by atoms with Crippen molar-refractivity contribution in [2.24, 2.45) is 0 Å². The van der Waals surface area contributed by atoms with Crippen LogP contribution in [0.4, 0.5) is 4.79 Å². The lowest BCUT2D eigenvalue weighted by Crippen LogP contribution is -2.50. The van der Waals surface area contributed by atoms with Crippen LogP contribution < -0.4 is 5.32 Å². The lowest BCUT2D eigenvalue weighted by atomic mass is 10.1. The molecule has 0 aromatic carbocycles. The molecule has 0 saturated carbocycles. The lowest BCUT2D eigenvalue weighted by molar-refractivity contribution is -0.146. The summed E-state index contributed by atoms with van der Waals surface area (Å²) in [6, 6.07) is -1.11. The van der Waals surface area contributed by atoms with E-state index in [1.165, 1.54) is 7.11 Å². The molecule has 0 aromatic heterocycles. The van der Waals surface area contributed by atoms with E-state index >= 15 is 0 Å². The van der Waals surface area contributed by atoms with Crippen molar-refractivity contribution in [2.75, 3.05) is 7.11 Å². The zero-order chi connectivity index (χ0) is 13.6. The van der Waals surface area contributed by atoms with E-state index in [9.17, 15) is 14.7 Å². The van der Waals surface area contributed by atoms with Crippen molar-refractivity contribution in [1.82, 2.24) is 5.32 Å². The van der Waals surface area contributed by atoms with E-state index in [4.69, 9.17) is 4.74 Å². The van der Waals surface area contributed by atoms with Crippen molar-refractivity contribution in [1.29, 1.82) is 0 Å². The fourth-order valence-electron chi connectivity index (χ4n) is 1.11. The molecular weight excluding hydrogens is 226 g/mol. The molecule has 0 rings (SSSR count). The second-order valence-electron chi connectivity index (χ2n) is 4.62. The van der Waals surface area contributed by atoms with Crippen LogP contribution in [-0.2, 0) is 14.3 Å². The van der Waals surface area contributed by atoms with E-state index in [2.05, 4.69) is 10.1 Å². The molecular formula is C11H21NO5. The minimum Gasteiger partial charge on any atom is -0.467 e. The summed E-state index contributed by atoms with van der Waals surface area (Å²) in [6.07, 6.45) is -1.45. The Morgan fingerprint density at radius 2 is 1.88 bits per heavy atom. The molecule has 0 aliphatic carbocycles. The molecule has 0 aliphatic heterocycles. The van der Waals surface area contributed by atoms with Gasteiger partial charge in [-0.3, -0.25) is 0 Å². The standard InChI is InChI=1S/C11H21NO5/c1-6-7(13)8(9(14)16-5)12-10(15)17-11(2,3)4/h7-8,13H,6H2,1-5H3,(H,12,15)/t7-,8+/m0/s1. The Hall–Kier alpha value is -1.30. The van der Waals surface area contributed by atoms with Crippen LogP contribution in [0.5, 0.6) is 0 Å². The summed E-state index contributed by atoms with van der Waals surface area (Å²) in [5, 5.41) is 11.9. The Morgan fingerprint density at radius 1 is 1.35 bits per heavy atom. The molecule has 0 aromatic rings. The van der Waals surface area contributed by atoms with E-state index in [1.807, 2.05) is 0 Å². The highest BCUT2D eigenvalue weighted by Gasteiger charge is 2.30. The predicted octanol–water partition coefficient (Wildman–Crippen LogP) is 0.824. The summed E-state index contributed by atoms with van der Waals surface area (Å²) < 4.78 is 9.49. The van der Waals surface area contributed by atoms with Gasteiger partial charge in [0.25, 0.3) is 0 Å². The first kappa shape index (κ1) is 15.7. The minimum absolute atomic E-state index is 0.315. The van der Waals surface area contributed by atoms with Crippen molar-refractivity contribution in [3.05, 3.63) is 0 Å². The van der Waals surface area contributed by atoms with Gasteiger partial charge >= 0.3 is 12.1 Å². The fourth-order valence-corrected chi connectivity index (χ4v) is 1.11. The molecule has 100 valence electrons. The van der Waals surface area contributed by atoms with Crippen LogP contribution in [-0.4, -0.2) is 42.0 Å². The molecule has 2 N–H and O–H groups in total. The number of esters is 1. The number of alkyl carbamates (subject to hydrolysis) is 1. The number of nitrogens with one attached hydrogen (secondary N) is 1. The highest BCUT2D eigenvalue weighted by Crippen LogP contribution is 2.08. The molecule has 0 aliphatic rings. The minimum atomic E-state index is -1.11. The first-order valence-electron chi connectivity index (χ1n) is 5.46. The molecule has 17 heavy (non-hydrogen) atoms. The molecule has 0 spiro atoms. The Labute approximate surface area is 101 Å². The summed E-state index contributed by atoms with van der Waals surface area (Å²) in [5.41, 5.74) is -0.665. The van der Waals surface area contributed by atoms with E-state index in [1.54, 1.807) is 27.7 Å². The van der Waals surface area contributed by atoms with Crippen molar-refractivity contribution in [2.45, 2.75) is 51.9 Å². The summed E-state index contributed by atoms with van der Waals surface area (Å²) >= 11 is 0. The van der Waals surface area contributed by atoms with Crippen molar-refractivity contribution in [3.8, 4) is 0 Å². The molecule has 2 atom stereocenters. The van der Waals surface area contributed by atoms with Gasteiger partial charge in [0.15, 0.2) is 6.04 Å². The monoisotopic (exact) mass is 247 g/mol. The zero-order valence-corrected chi connectivity index (χ0v) is 10.9.